The van der Waals surface area contributed by atoms with Crippen molar-refractivity contribution in [3.8, 4) is 73.5 Å². The molecule has 0 amide bonds. The number of hydrogen-bond donors (Lipinski definition) is 0. The Morgan fingerprint density at radius 1 is 0.542 bits per heavy atom. The molecule has 356 valence electrons. The van der Waals surface area contributed by atoms with Gasteiger partial charge in [-0.25, -0.2) is 9.97 Å². The molecule has 7 aromatic carbocycles. The van der Waals surface area contributed by atoms with Gasteiger partial charge in [-0.2, -0.15) is 0 Å². The van der Waals surface area contributed by atoms with E-state index in [0.717, 1.165) is 62.2 Å². The molecule has 0 unspecified atom stereocenters. The molecule has 0 atom stereocenters. The van der Waals surface area contributed by atoms with E-state index < -0.39 is 0 Å². The summed E-state index contributed by atoms with van der Waals surface area (Å²) in [4.78, 5) is 13.5. The minimum Gasteiger partial charge on any atom is -0.457 e. The Morgan fingerprint density at radius 3 is 1.83 bits per heavy atom. The molecule has 0 saturated heterocycles. The van der Waals surface area contributed by atoms with Crippen LogP contribution in [0.5, 0.6) is 11.5 Å². The summed E-state index contributed by atoms with van der Waals surface area (Å²) in [7, 11) is 2.27. The number of para-hydroxylation sites is 1. The fourth-order valence-corrected chi connectivity index (χ4v) is 11.8. The average molecular weight is 940 g/mol. The Labute approximate surface area is 425 Å². The molecule has 0 saturated carbocycles. The largest absolute Gasteiger partial charge is 0.457 e. The zero-order valence-electron chi connectivity index (χ0n) is 43.5. The van der Waals surface area contributed by atoms with Crippen molar-refractivity contribution in [3.05, 3.63) is 186 Å². The molecule has 0 N–H and O–H groups in total. The number of anilines is 1. The van der Waals surface area contributed by atoms with Gasteiger partial charge >= 0.3 is 6.98 Å². The van der Waals surface area contributed by atoms with E-state index in [-0.39, 0.29) is 17.8 Å². The van der Waals surface area contributed by atoms with Crippen LogP contribution in [0.15, 0.2) is 164 Å². The van der Waals surface area contributed by atoms with Crippen LogP contribution in [0.25, 0.3) is 83.8 Å². The molecule has 6 nitrogen and oxygen atoms in total. The predicted molar refractivity (Wildman–Crippen MR) is 303 cm³/mol. The van der Waals surface area contributed by atoms with Crippen LogP contribution in [0, 0.1) is 0 Å². The van der Waals surface area contributed by atoms with Gasteiger partial charge in [0.15, 0.2) is 0 Å². The highest BCUT2D eigenvalue weighted by atomic mass is 16.5. The SMILES string of the molecule is CC(C)c1cccc(C(C)C)c1B1N(C)c2ccc(Oc3ccc4c5ccccc5n(-c5cc(C(C)(C)C)ccn5)c4c3)cc2-c2nc3c(n21)-c1ccccc1-c1ccccc1-c1cccc(C(C)(C)C)c1-3. The lowest BCUT2D eigenvalue weighted by molar-refractivity contribution is 0.483. The van der Waals surface area contributed by atoms with Gasteiger partial charge in [-0.15, -0.1) is 0 Å². The number of pyridine rings is 1. The first-order valence-electron chi connectivity index (χ1n) is 25.7. The average Bonchev–Trinajstić information content (AvgIpc) is 3.91. The van der Waals surface area contributed by atoms with Crippen LogP contribution in [0.4, 0.5) is 5.69 Å². The molecule has 3 aromatic heterocycles. The quantitative estimate of drug-likeness (QED) is 0.156. The van der Waals surface area contributed by atoms with Crippen molar-refractivity contribution in [3.63, 3.8) is 0 Å². The minimum absolute atomic E-state index is 0.0289. The summed E-state index contributed by atoms with van der Waals surface area (Å²) in [6, 6.07) is 57.7. The van der Waals surface area contributed by atoms with Crippen LogP contribution < -0.4 is 15.0 Å². The highest BCUT2D eigenvalue weighted by Gasteiger charge is 2.44. The number of rotatable bonds is 6. The summed E-state index contributed by atoms with van der Waals surface area (Å²) in [6.45, 7) is 22.8. The fraction of sp³-hybridized carbons (Fsp3) is 0.231. The molecular weight excluding hydrogens is 878 g/mol. The summed E-state index contributed by atoms with van der Waals surface area (Å²) >= 11 is 0. The second-order valence-corrected chi connectivity index (χ2v) is 22.7. The molecule has 4 heterocycles. The maximum Gasteiger partial charge on any atom is 0.417 e. The van der Waals surface area contributed by atoms with Gasteiger partial charge in [0.1, 0.15) is 23.1 Å². The normalized spacial score (nSPS) is 13.1. The third-order valence-corrected chi connectivity index (χ3v) is 15.3. The highest BCUT2D eigenvalue weighted by molar-refractivity contribution is 6.77. The summed E-state index contributed by atoms with van der Waals surface area (Å²) in [5.74, 6) is 3.89. The lowest BCUT2D eigenvalue weighted by atomic mass is 9.57. The fourth-order valence-electron chi connectivity index (χ4n) is 11.8. The van der Waals surface area contributed by atoms with E-state index in [1.807, 2.05) is 6.20 Å². The molecule has 0 fully saturated rings. The van der Waals surface area contributed by atoms with Gasteiger partial charge in [0.25, 0.3) is 0 Å². The number of ether oxygens (including phenoxy) is 1. The molecule has 0 bridgehead atoms. The van der Waals surface area contributed by atoms with E-state index >= 15 is 0 Å². The topological polar surface area (TPSA) is 48.1 Å². The van der Waals surface area contributed by atoms with E-state index in [4.69, 9.17) is 14.7 Å². The summed E-state index contributed by atoms with van der Waals surface area (Å²) < 4.78 is 11.9. The molecule has 72 heavy (non-hydrogen) atoms. The first-order valence-corrected chi connectivity index (χ1v) is 25.7. The number of hydrogen-bond acceptors (Lipinski definition) is 4. The standard InChI is InChI=1S/C65H62BN5O/c1-39(2)44-25-18-26-45(40(3)4)60(44)66-69(11)55-33-31-42(72-43-30-32-50-49-23-16-17-29-56(49)70(57(50)38-43)58-36-41(34-35-67-58)64(5,6)7)37-53(55)63-68-61-59-51(27-19-28-54(59)65(8,9)10)47-21-13-12-20-46(47)48-22-14-15-24-52(48)62(61)71(63)66/h12-40H,1-11H3. The van der Waals surface area contributed by atoms with E-state index in [1.54, 1.807) is 0 Å². The predicted octanol–water partition coefficient (Wildman–Crippen LogP) is 16.4. The van der Waals surface area contributed by atoms with Crippen LogP contribution in [0.1, 0.15) is 103 Å². The van der Waals surface area contributed by atoms with E-state index in [1.165, 1.54) is 66.5 Å². The molecule has 1 aliphatic carbocycles. The van der Waals surface area contributed by atoms with Crippen LogP contribution in [0.2, 0.25) is 0 Å². The molecular formula is C65H62BN5O. The second-order valence-electron chi connectivity index (χ2n) is 22.7. The molecule has 12 rings (SSSR count). The zero-order valence-corrected chi connectivity index (χ0v) is 43.5. The molecule has 0 spiro atoms. The van der Waals surface area contributed by atoms with E-state index in [9.17, 15) is 0 Å². The lowest BCUT2D eigenvalue weighted by Crippen LogP contribution is -2.57. The second kappa shape index (κ2) is 16.7. The van der Waals surface area contributed by atoms with Crippen molar-refractivity contribution in [2.24, 2.45) is 0 Å². The summed E-state index contributed by atoms with van der Waals surface area (Å²) in [6.07, 6.45) is 1.93. The molecule has 10 aromatic rings. The molecule has 1 aliphatic heterocycles. The van der Waals surface area contributed by atoms with E-state index in [2.05, 4.69) is 248 Å². The number of nitrogens with zero attached hydrogens (tertiary/aromatic N) is 5. The van der Waals surface area contributed by atoms with Crippen LogP contribution in [0.3, 0.4) is 0 Å². The minimum atomic E-state index is -0.214. The van der Waals surface area contributed by atoms with Gasteiger partial charge in [0, 0.05) is 45.4 Å². The first-order chi connectivity index (χ1) is 34.6. The number of imidazole rings is 1. The first kappa shape index (κ1) is 45.5. The Balaban J connectivity index is 1.12. The molecule has 2 aliphatic rings. The van der Waals surface area contributed by atoms with Gasteiger partial charge in [0.2, 0.25) is 0 Å². The van der Waals surface area contributed by atoms with Crippen molar-refractivity contribution in [1.29, 1.82) is 0 Å². The van der Waals surface area contributed by atoms with Crippen molar-refractivity contribution < 1.29 is 4.74 Å². The van der Waals surface area contributed by atoms with Crippen LogP contribution in [-0.2, 0) is 10.8 Å². The maximum absolute atomic E-state index is 7.05. The Hall–Kier alpha value is -7.64. The number of fused-ring (bicyclic) bond motifs is 15. The summed E-state index contributed by atoms with van der Waals surface area (Å²) in [5, 5.41) is 2.33. The third-order valence-electron chi connectivity index (χ3n) is 15.3. The van der Waals surface area contributed by atoms with E-state index in [0.29, 0.717) is 11.8 Å². The smallest absolute Gasteiger partial charge is 0.417 e. The molecule has 7 heteroatoms. The van der Waals surface area contributed by atoms with Gasteiger partial charge < -0.3 is 14.0 Å². The highest BCUT2D eigenvalue weighted by Crippen LogP contribution is 2.53. The van der Waals surface area contributed by atoms with Crippen molar-refractivity contribution in [1.82, 2.24) is 19.0 Å². The lowest BCUT2D eigenvalue weighted by Gasteiger charge is -2.39. The monoisotopic (exact) mass is 940 g/mol. The van der Waals surface area contributed by atoms with Crippen molar-refractivity contribution >= 4 is 39.9 Å². The maximum atomic E-state index is 7.05. The Kier molecular flexibility index (Phi) is 10.6. The van der Waals surface area contributed by atoms with Gasteiger partial charge in [-0.3, -0.25) is 4.57 Å². The van der Waals surface area contributed by atoms with Crippen LogP contribution in [-0.4, -0.2) is 33.0 Å². The van der Waals surface area contributed by atoms with Crippen LogP contribution >= 0.6 is 0 Å². The molecule has 0 radical (unpaired) electrons. The Morgan fingerprint density at radius 2 is 1.14 bits per heavy atom. The summed E-state index contributed by atoms with van der Waals surface area (Å²) in [5.41, 5.74) is 19.9. The Bertz CT molecular complexity index is 3780. The van der Waals surface area contributed by atoms with Crippen molar-refractivity contribution in [2.75, 3.05) is 11.9 Å². The van der Waals surface area contributed by atoms with Gasteiger partial charge in [-0.1, -0.05) is 172 Å². The third kappa shape index (κ3) is 7.14. The zero-order chi connectivity index (χ0) is 50.0. The number of aromatic nitrogens is 4. The van der Waals surface area contributed by atoms with Gasteiger partial charge in [0.05, 0.1) is 22.4 Å². The van der Waals surface area contributed by atoms with Crippen molar-refractivity contribution in [2.45, 2.75) is 91.9 Å². The van der Waals surface area contributed by atoms with Gasteiger partial charge in [-0.05, 0) is 128 Å². The number of benzene rings is 7.